The van der Waals surface area contributed by atoms with Crippen molar-refractivity contribution in [1.29, 1.82) is 0 Å². The first-order valence-corrected chi connectivity index (χ1v) is 7.72. The molecule has 2 aromatic rings. The number of aromatic nitrogens is 2. The van der Waals surface area contributed by atoms with Crippen molar-refractivity contribution in [2.75, 3.05) is 5.32 Å². The predicted octanol–water partition coefficient (Wildman–Crippen LogP) is 2.75. The number of nitrogens with one attached hydrogen (secondary N) is 1. The van der Waals surface area contributed by atoms with Crippen LogP contribution < -0.4 is 11.1 Å². The lowest BCUT2D eigenvalue weighted by molar-refractivity contribution is 0.102. The van der Waals surface area contributed by atoms with E-state index in [-0.39, 0.29) is 5.91 Å². The van der Waals surface area contributed by atoms with E-state index in [0.29, 0.717) is 32.1 Å². The van der Waals surface area contributed by atoms with E-state index >= 15 is 0 Å². The van der Waals surface area contributed by atoms with Crippen molar-refractivity contribution in [2.24, 2.45) is 5.73 Å². The summed E-state index contributed by atoms with van der Waals surface area (Å²) in [6, 6.07) is 5.27. The van der Waals surface area contributed by atoms with Gasteiger partial charge in [-0.25, -0.2) is 0 Å². The topological polar surface area (TPSA) is 80.9 Å². The zero-order valence-corrected chi connectivity index (χ0v) is 13.7. The Morgan fingerprint density at radius 1 is 1.55 bits per heavy atom. The van der Waals surface area contributed by atoms with Gasteiger partial charge in [0.25, 0.3) is 5.91 Å². The molecule has 0 bridgehead atoms. The molecule has 0 unspecified atom stereocenters. The van der Waals surface area contributed by atoms with Crippen LogP contribution in [0.4, 0.5) is 5.69 Å². The maximum Gasteiger partial charge on any atom is 0.269 e. The average Bonchev–Trinajstić information content (AvgIpc) is 2.89. The maximum absolute atomic E-state index is 12.2. The van der Waals surface area contributed by atoms with Gasteiger partial charge in [0.2, 0.25) is 0 Å². The van der Waals surface area contributed by atoms with E-state index in [0.717, 1.165) is 17.1 Å². The molecule has 104 valence electrons. The van der Waals surface area contributed by atoms with Gasteiger partial charge in [0.05, 0.1) is 11.4 Å². The molecule has 0 saturated heterocycles. The molecule has 0 radical (unpaired) electrons. The molecule has 0 fully saturated rings. The summed E-state index contributed by atoms with van der Waals surface area (Å²) in [5.41, 5.74) is 7.63. The van der Waals surface area contributed by atoms with Crippen LogP contribution in [0.3, 0.4) is 0 Å². The predicted molar refractivity (Wildman–Crippen MR) is 87.3 cm³/mol. The molecule has 0 spiro atoms. The van der Waals surface area contributed by atoms with Gasteiger partial charge in [-0.15, -0.1) is 5.10 Å². The summed E-state index contributed by atoms with van der Waals surface area (Å²) in [6.07, 6.45) is 0.667. The van der Waals surface area contributed by atoms with Gasteiger partial charge in [-0.1, -0.05) is 23.6 Å². The fourth-order valence-electron chi connectivity index (χ4n) is 1.56. The number of carbonyl (C=O) groups excluding carboxylic acids is 1. The largest absolute Gasteiger partial charge is 0.389 e. The molecular weight excluding hydrogens is 360 g/mol. The zero-order chi connectivity index (χ0) is 14.7. The molecule has 0 aliphatic rings. The number of halogens is 1. The van der Waals surface area contributed by atoms with E-state index in [2.05, 4.69) is 30.8 Å². The summed E-state index contributed by atoms with van der Waals surface area (Å²) in [5, 5.41) is 6.73. The minimum Gasteiger partial charge on any atom is -0.389 e. The van der Waals surface area contributed by atoms with Crippen molar-refractivity contribution in [3.05, 3.63) is 38.8 Å². The van der Waals surface area contributed by atoms with Crippen molar-refractivity contribution in [1.82, 2.24) is 9.59 Å². The Bertz CT molecular complexity index is 671. The third kappa shape index (κ3) is 3.20. The van der Waals surface area contributed by atoms with Gasteiger partial charge in [-0.3, -0.25) is 4.79 Å². The number of amides is 1. The number of rotatable bonds is 4. The van der Waals surface area contributed by atoms with E-state index in [4.69, 9.17) is 18.0 Å². The highest BCUT2D eigenvalue weighted by Crippen LogP contribution is 2.25. The number of anilines is 1. The molecule has 1 aromatic carbocycles. The standard InChI is InChI=1S/C12H11BrN4OS2/c1-2-8-10(20-17-16-8)12(18)15-9-4-3-6(11(14)19)5-7(9)13/h3-5H,2H2,1H3,(H2,14,19)(H,15,18). The summed E-state index contributed by atoms with van der Waals surface area (Å²) in [5.74, 6) is -0.222. The van der Waals surface area contributed by atoms with Crippen molar-refractivity contribution < 1.29 is 4.79 Å². The minimum atomic E-state index is -0.222. The first kappa shape index (κ1) is 15.0. The SMILES string of the molecule is CCc1nnsc1C(=O)Nc1ccc(C(N)=S)cc1Br. The number of nitrogens with zero attached hydrogens (tertiary/aromatic N) is 2. The molecule has 5 nitrogen and oxygen atoms in total. The van der Waals surface area contributed by atoms with Gasteiger partial charge in [0.15, 0.2) is 0 Å². The lowest BCUT2D eigenvalue weighted by Crippen LogP contribution is -2.14. The monoisotopic (exact) mass is 370 g/mol. The highest BCUT2D eigenvalue weighted by Gasteiger charge is 2.16. The van der Waals surface area contributed by atoms with Crippen LogP contribution in [0.2, 0.25) is 0 Å². The van der Waals surface area contributed by atoms with Gasteiger partial charge >= 0.3 is 0 Å². The first-order valence-electron chi connectivity index (χ1n) is 5.74. The van der Waals surface area contributed by atoms with Crippen LogP contribution in [0, 0.1) is 0 Å². The van der Waals surface area contributed by atoms with Crippen LogP contribution in [0.15, 0.2) is 22.7 Å². The Morgan fingerprint density at radius 2 is 2.30 bits per heavy atom. The summed E-state index contributed by atoms with van der Waals surface area (Å²) >= 11 is 9.38. The Balaban J connectivity index is 2.22. The fraction of sp³-hybridized carbons (Fsp3) is 0.167. The van der Waals surface area contributed by atoms with Crippen molar-refractivity contribution >= 4 is 56.3 Å². The normalized spacial score (nSPS) is 10.3. The van der Waals surface area contributed by atoms with Gasteiger partial charge < -0.3 is 11.1 Å². The summed E-state index contributed by atoms with van der Waals surface area (Å²) in [6.45, 7) is 1.93. The van der Waals surface area contributed by atoms with Crippen LogP contribution in [-0.2, 0) is 6.42 Å². The smallest absolute Gasteiger partial charge is 0.269 e. The average molecular weight is 371 g/mol. The van der Waals surface area contributed by atoms with Crippen LogP contribution in [-0.4, -0.2) is 20.5 Å². The lowest BCUT2D eigenvalue weighted by atomic mass is 10.2. The second-order valence-electron chi connectivity index (χ2n) is 3.92. The van der Waals surface area contributed by atoms with Gasteiger partial charge in [0, 0.05) is 10.0 Å². The van der Waals surface area contributed by atoms with Crippen LogP contribution in [0.1, 0.15) is 27.9 Å². The van der Waals surface area contributed by atoms with E-state index in [1.165, 1.54) is 0 Å². The van der Waals surface area contributed by atoms with Gasteiger partial charge in [0.1, 0.15) is 9.87 Å². The zero-order valence-electron chi connectivity index (χ0n) is 10.5. The van der Waals surface area contributed by atoms with Crippen molar-refractivity contribution in [3.8, 4) is 0 Å². The highest BCUT2D eigenvalue weighted by atomic mass is 79.9. The summed E-state index contributed by atoms with van der Waals surface area (Å²) in [7, 11) is 0. The molecule has 20 heavy (non-hydrogen) atoms. The second-order valence-corrected chi connectivity index (χ2v) is 5.96. The molecule has 1 aromatic heterocycles. The van der Waals surface area contributed by atoms with E-state index < -0.39 is 0 Å². The number of benzene rings is 1. The van der Waals surface area contributed by atoms with Crippen LogP contribution >= 0.6 is 39.7 Å². The lowest BCUT2D eigenvalue weighted by Gasteiger charge is -2.08. The molecule has 0 atom stereocenters. The molecule has 8 heteroatoms. The number of carbonyl (C=O) groups is 1. The second kappa shape index (κ2) is 6.38. The first-order chi connectivity index (χ1) is 9.52. The molecule has 1 heterocycles. The molecule has 3 N–H and O–H groups in total. The molecule has 0 aliphatic carbocycles. The number of nitrogens with two attached hydrogens (primary N) is 1. The van der Waals surface area contributed by atoms with Crippen LogP contribution in [0.25, 0.3) is 0 Å². The molecule has 1 amide bonds. The van der Waals surface area contributed by atoms with E-state index in [1.807, 2.05) is 6.92 Å². The van der Waals surface area contributed by atoms with E-state index in [9.17, 15) is 4.79 Å². The number of hydrogen-bond acceptors (Lipinski definition) is 5. The fourth-order valence-corrected chi connectivity index (χ4v) is 2.81. The minimum absolute atomic E-state index is 0.222. The van der Waals surface area contributed by atoms with Gasteiger partial charge in [-0.05, 0) is 52.1 Å². The maximum atomic E-state index is 12.2. The van der Waals surface area contributed by atoms with Crippen molar-refractivity contribution in [2.45, 2.75) is 13.3 Å². The molecule has 0 aliphatic heterocycles. The molecule has 2 rings (SSSR count). The number of aryl methyl sites for hydroxylation is 1. The Kier molecular flexibility index (Phi) is 4.79. The van der Waals surface area contributed by atoms with E-state index in [1.54, 1.807) is 18.2 Å². The molecular formula is C12H11BrN4OS2. The number of hydrogen-bond donors (Lipinski definition) is 2. The number of thiocarbonyl (C=S) groups is 1. The third-order valence-electron chi connectivity index (χ3n) is 2.60. The van der Waals surface area contributed by atoms with Crippen LogP contribution in [0.5, 0.6) is 0 Å². The quantitative estimate of drug-likeness (QED) is 0.808. The third-order valence-corrected chi connectivity index (χ3v) is 4.26. The summed E-state index contributed by atoms with van der Waals surface area (Å²) in [4.78, 5) is 13.0. The van der Waals surface area contributed by atoms with Crippen molar-refractivity contribution in [3.63, 3.8) is 0 Å². The Labute approximate surface area is 133 Å². The Hall–Kier alpha value is -1.38. The summed E-state index contributed by atoms with van der Waals surface area (Å²) < 4.78 is 4.52. The Morgan fingerprint density at radius 3 is 2.90 bits per heavy atom. The highest BCUT2D eigenvalue weighted by molar-refractivity contribution is 9.10. The molecule has 0 saturated carbocycles. The van der Waals surface area contributed by atoms with Gasteiger partial charge in [-0.2, -0.15) is 0 Å².